The summed E-state index contributed by atoms with van der Waals surface area (Å²) in [6.45, 7) is 0.295. The van der Waals surface area contributed by atoms with Crippen LogP contribution in [0.3, 0.4) is 0 Å². The first kappa shape index (κ1) is 12.4. The van der Waals surface area contributed by atoms with Crippen molar-refractivity contribution in [2.75, 3.05) is 0 Å². The molecule has 3 nitrogen and oxygen atoms in total. The highest BCUT2D eigenvalue weighted by Gasteiger charge is 2.10. The van der Waals surface area contributed by atoms with Crippen LogP contribution in [0, 0.1) is 9.39 Å². The number of rotatable bonds is 2. The van der Waals surface area contributed by atoms with Crippen molar-refractivity contribution in [2.24, 2.45) is 0 Å². The largest absolute Gasteiger partial charge is 0.420 e. The standard InChI is InChI=1S/C14H9FINO2/c15-10-3-1-2-9(6-10)8-17-12-7-11(16)4-5-13(12)19-14(17)18/h1-7H,8H2. The van der Waals surface area contributed by atoms with E-state index in [-0.39, 0.29) is 5.82 Å². The molecule has 0 fully saturated rings. The number of fused-ring (bicyclic) bond motifs is 1. The SMILES string of the molecule is O=c1oc2ccc(I)cc2n1Cc1cccc(F)c1. The molecule has 5 heteroatoms. The van der Waals surface area contributed by atoms with Gasteiger partial charge in [-0.2, -0.15) is 0 Å². The predicted octanol–water partition coefficient (Wildman–Crippen LogP) is 3.39. The van der Waals surface area contributed by atoms with E-state index in [0.29, 0.717) is 12.1 Å². The molecule has 0 radical (unpaired) electrons. The zero-order valence-electron chi connectivity index (χ0n) is 9.77. The van der Waals surface area contributed by atoms with Gasteiger partial charge in [0.15, 0.2) is 5.58 Å². The number of aromatic nitrogens is 1. The zero-order valence-corrected chi connectivity index (χ0v) is 11.9. The molecule has 19 heavy (non-hydrogen) atoms. The van der Waals surface area contributed by atoms with E-state index in [0.717, 1.165) is 14.7 Å². The molecule has 0 aliphatic rings. The maximum absolute atomic E-state index is 13.2. The molecular formula is C14H9FINO2. The zero-order chi connectivity index (χ0) is 13.4. The summed E-state index contributed by atoms with van der Waals surface area (Å²) in [5, 5.41) is 0. The van der Waals surface area contributed by atoms with Crippen molar-refractivity contribution in [3.8, 4) is 0 Å². The second-order valence-corrected chi connectivity index (χ2v) is 5.44. The number of hydrogen-bond acceptors (Lipinski definition) is 2. The molecule has 0 saturated heterocycles. The molecule has 2 aromatic carbocycles. The maximum Gasteiger partial charge on any atom is 0.420 e. The second kappa shape index (κ2) is 4.80. The monoisotopic (exact) mass is 369 g/mol. The first-order valence-electron chi connectivity index (χ1n) is 5.67. The van der Waals surface area contributed by atoms with E-state index in [1.807, 2.05) is 12.1 Å². The lowest BCUT2D eigenvalue weighted by Crippen LogP contribution is -2.14. The van der Waals surface area contributed by atoms with Crippen LogP contribution in [0.1, 0.15) is 5.56 Å². The Labute approximate surface area is 121 Å². The van der Waals surface area contributed by atoms with Crippen molar-refractivity contribution >= 4 is 33.7 Å². The van der Waals surface area contributed by atoms with E-state index in [1.54, 1.807) is 18.2 Å². The van der Waals surface area contributed by atoms with Crippen molar-refractivity contribution in [3.63, 3.8) is 0 Å². The molecule has 0 aliphatic heterocycles. The van der Waals surface area contributed by atoms with E-state index in [9.17, 15) is 9.18 Å². The molecule has 0 unspecified atom stereocenters. The van der Waals surface area contributed by atoms with Crippen LogP contribution in [-0.4, -0.2) is 4.57 Å². The lowest BCUT2D eigenvalue weighted by Gasteiger charge is -2.03. The topological polar surface area (TPSA) is 35.1 Å². The molecule has 3 aromatic rings. The van der Waals surface area contributed by atoms with Gasteiger partial charge in [0.25, 0.3) is 0 Å². The summed E-state index contributed by atoms with van der Waals surface area (Å²) in [6, 6.07) is 11.7. The quantitative estimate of drug-likeness (QED) is 0.650. The number of halogens is 2. The average Bonchev–Trinajstić information content (AvgIpc) is 2.66. The molecular weight excluding hydrogens is 360 g/mol. The van der Waals surface area contributed by atoms with Gasteiger partial charge in [0.1, 0.15) is 5.82 Å². The third-order valence-electron chi connectivity index (χ3n) is 2.86. The molecule has 1 heterocycles. The molecule has 1 aromatic heterocycles. The van der Waals surface area contributed by atoms with Crippen molar-refractivity contribution in [1.82, 2.24) is 4.57 Å². The van der Waals surface area contributed by atoms with E-state index >= 15 is 0 Å². The van der Waals surface area contributed by atoms with Gasteiger partial charge in [-0.25, -0.2) is 9.18 Å². The van der Waals surface area contributed by atoms with Crippen molar-refractivity contribution in [3.05, 3.63) is 68.0 Å². The fraction of sp³-hybridized carbons (Fsp3) is 0.0714. The van der Waals surface area contributed by atoms with Gasteiger partial charge in [0.2, 0.25) is 0 Å². The van der Waals surface area contributed by atoms with Gasteiger partial charge in [-0.3, -0.25) is 4.57 Å². The normalized spacial score (nSPS) is 11.1. The van der Waals surface area contributed by atoms with Gasteiger partial charge in [-0.05, 0) is 58.5 Å². The van der Waals surface area contributed by atoms with E-state index in [4.69, 9.17) is 4.42 Å². The molecule has 0 spiro atoms. The highest BCUT2D eigenvalue weighted by Crippen LogP contribution is 2.17. The lowest BCUT2D eigenvalue weighted by molar-refractivity contribution is 0.517. The fourth-order valence-corrected chi connectivity index (χ4v) is 2.48. The summed E-state index contributed by atoms with van der Waals surface area (Å²) in [4.78, 5) is 11.8. The minimum atomic E-state index is -0.429. The molecule has 96 valence electrons. The smallest absolute Gasteiger partial charge is 0.408 e. The van der Waals surface area contributed by atoms with E-state index in [1.165, 1.54) is 16.7 Å². The van der Waals surface area contributed by atoms with Gasteiger partial charge in [0, 0.05) is 3.57 Å². The molecule has 0 saturated carbocycles. The first-order chi connectivity index (χ1) is 9.13. The van der Waals surface area contributed by atoms with Crippen LogP contribution >= 0.6 is 22.6 Å². The maximum atomic E-state index is 13.2. The highest BCUT2D eigenvalue weighted by molar-refractivity contribution is 14.1. The molecule has 3 rings (SSSR count). The predicted molar refractivity (Wildman–Crippen MR) is 78.7 cm³/mol. The van der Waals surface area contributed by atoms with Crippen molar-refractivity contribution < 1.29 is 8.81 Å². The number of oxazole rings is 1. The Morgan fingerprint density at radius 2 is 2.05 bits per heavy atom. The number of nitrogens with zero attached hydrogens (tertiary/aromatic N) is 1. The van der Waals surface area contributed by atoms with Crippen LogP contribution in [-0.2, 0) is 6.54 Å². The fourth-order valence-electron chi connectivity index (χ4n) is 2.00. The van der Waals surface area contributed by atoms with Gasteiger partial charge >= 0.3 is 5.76 Å². The van der Waals surface area contributed by atoms with Crippen LogP contribution in [0.4, 0.5) is 4.39 Å². The summed E-state index contributed by atoms with van der Waals surface area (Å²) in [6.07, 6.45) is 0. The molecule has 0 atom stereocenters. The Hall–Kier alpha value is -1.63. The molecule has 0 amide bonds. The first-order valence-corrected chi connectivity index (χ1v) is 6.75. The third kappa shape index (κ3) is 2.42. The molecule has 0 aliphatic carbocycles. The number of hydrogen-bond donors (Lipinski definition) is 0. The van der Waals surface area contributed by atoms with Crippen molar-refractivity contribution in [1.29, 1.82) is 0 Å². The lowest BCUT2D eigenvalue weighted by atomic mass is 10.2. The third-order valence-corrected chi connectivity index (χ3v) is 3.53. The van der Waals surface area contributed by atoms with Gasteiger partial charge in [-0.1, -0.05) is 12.1 Å². The summed E-state index contributed by atoms with van der Waals surface area (Å²) in [7, 11) is 0. The minimum absolute atomic E-state index is 0.295. The van der Waals surface area contributed by atoms with Crippen LogP contribution in [0.15, 0.2) is 51.7 Å². The van der Waals surface area contributed by atoms with E-state index in [2.05, 4.69) is 22.6 Å². The summed E-state index contributed by atoms with van der Waals surface area (Å²) in [5.41, 5.74) is 1.99. The van der Waals surface area contributed by atoms with Crippen LogP contribution in [0.25, 0.3) is 11.1 Å². The highest BCUT2D eigenvalue weighted by atomic mass is 127. The Kier molecular flexibility index (Phi) is 3.14. The van der Waals surface area contributed by atoms with Crippen LogP contribution < -0.4 is 5.76 Å². The van der Waals surface area contributed by atoms with Gasteiger partial charge < -0.3 is 4.42 Å². The van der Waals surface area contributed by atoms with E-state index < -0.39 is 5.76 Å². The Morgan fingerprint density at radius 3 is 2.84 bits per heavy atom. The summed E-state index contributed by atoms with van der Waals surface area (Å²) in [5.74, 6) is -0.741. The summed E-state index contributed by atoms with van der Waals surface area (Å²) < 4.78 is 20.8. The van der Waals surface area contributed by atoms with Crippen LogP contribution in [0.2, 0.25) is 0 Å². The van der Waals surface area contributed by atoms with Gasteiger partial charge in [0.05, 0.1) is 12.1 Å². The van der Waals surface area contributed by atoms with Crippen LogP contribution in [0.5, 0.6) is 0 Å². The summed E-state index contributed by atoms with van der Waals surface area (Å²) >= 11 is 2.17. The Balaban J connectivity index is 2.12. The molecule has 0 bridgehead atoms. The van der Waals surface area contributed by atoms with Gasteiger partial charge in [-0.15, -0.1) is 0 Å². The average molecular weight is 369 g/mol. The second-order valence-electron chi connectivity index (χ2n) is 4.20. The Bertz CT molecular complexity index is 807. The number of benzene rings is 2. The Morgan fingerprint density at radius 1 is 1.21 bits per heavy atom. The molecule has 0 N–H and O–H groups in total. The van der Waals surface area contributed by atoms with Crippen molar-refractivity contribution in [2.45, 2.75) is 6.54 Å². The minimum Gasteiger partial charge on any atom is -0.408 e.